The van der Waals surface area contributed by atoms with Crippen LogP contribution in [0.25, 0.3) is 0 Å². The fourth-order valence-electron chi connectivity index (χ4n) is 1.72. The van der Waals surface area contributed by atoms with E-state index < -0.39 is 0 Å². The van der Waals surface area contributed by atoms with Crippen molar-refractivity contribution >= 4 is 5.69 Å². The van der Waals surface area contributed by atoms with Crippen molar-refractivity contribution in [1.29, 1.82) is 0 Å². The molecule has 0 radical (unpaired) electrons. The molecule has 4 heteroatoms. The predicted molar refractivity (Wildman–Crippen MR) is 67.1 cm³/mol. The number of nitrogens with zero attached hydrogens (tertiary/aromatic N) is 1. The Bertz CT molecular complexity index is 529. The molecule has 0 saturated carbocycles. The summed E-state index contributed by atoms with van der Waals surface area (Å²) in [5, 5.41) is 3.33. The summed E-state index contributed by atoms with van der Waals surface area (Å²) in [6, 6.07) is 5.45. The Balaban J connectivity index is 2.16. The van der Waals surface area contributed by atoms with Crippen molar-refractivity contribution in [2.75, 3.05) is 5.32 Å². The van der Waals surface area contributed by atoms with Crippen LogP contribution in [0, 0.1) is 0 Å². The summed E-state index contributed by atoms with van der Waals surface area (Å²) in [6.45, 7) is 4.67. The maximum Gasteiger partial charge on any atom is 0.250 e. The lowest BCUT2D eigenvalue weighted by Crippen LogP contribution is -2.18. The fourth-order valence-corrected chi connectivity index (χ4v) is 1.72. The third-order valence-corrected chi connectivity index (χ3v) is 2.75. The van der Waals surface area contributed by atoms with Gasteiger partial charge in [0.05, 0.1) is 24.3 Å². The smallest absolute Gasteiger partial charge is 0.250 e. The molecule has 0 saturated heterocycles. The van der Waals surface area contributed by atoms with Gasteiger partial charge < -0.3 is 14.3 Å². The topological polar surface area (TPSA) is 47.2 Å². The Morgan fingerprint density at radius 3 is 2.88 bits per heavy atom. The van der Waals surface area contributed by atoms with Crippen LogP contribution in [0.2, 0.25) is 0 Å². The molecule has 4 nitrogen and oxygen atoms in total. The van der Waals surface area contributed by atoms with E-state index in [4.69, 9.17) is 4.42 Å². The zero-order valence-corrected chi connectivity index (χ0v) is 10.0. The minimum absolute atomic E-state index is 0.0222. The molecule has 0 aromatic carbocycles. The molecule has 2 aromatic rings. The van der Waals surface area contributed by atoms with Crippen LogP contribution >= 0.6 is 0 Å². The van der Waals surface area contributed by atoms with E-state index in [2.05, 4.69) is 5.32 Å². The first-order valence-electron chi connectivity index (χ1n) is 5.70. The van der Waals surface area contributed by atoms with E-state index in [1.165, 1.54) is 0 Å². The van der Waals surface area contributed by atoms with Gasteiger partial charge in [-0.05, 0) is 26.0 Å². The zero-order valence-electron chi connectivity index (χ0n) is 10.0. The summed E-state index contributed by atoms with van der Waals surface area (Å²) < 4.78 is 6.71. The molecule has 0 aliphatic carbocycles. The molecule has 0 amide bonds. The SMILES string of the molecule is CCn1cc(NC(C)c2ccoc2)ccc1=O. The average molecular weight is 232 g/mol. The summed E-state index contributed by atoms with van der Waals surface area (Å²) in [4.78, 5) is 11.4. The van der Waals surface area contributed by atoms with Gasteiger partial charge in [0.15, 0.2) is 0 Å². The van der Waals surface area contributed by atoms with Gasteiger partial charge in [0.2, 0.25) is 0 Å². The third kappa shape index (κ3) is 2.58. The molecular weight excluding hydrogens is 216 g/mol. The highest BCUT2D eigenvalue weighted by Gasteiger charge is 2.06. The van der Waals surface area contributed by atoms with Crippen LogP contribution in [0.5, 0.6) is 0 Å². The molecule has 0 spiro atoms. The van der Waals surface area contributed by atoms with Crippen LogP contribution in [0.4, 0.5) is 5.69 Å². The first-order valence-corrected chi connectivity index (χ1v) is 5.70. The summed E-state index contributed by atoms with van der Waals surface area (Å²) in [5.41, 5.74) is 2.04. The van der Waals surface area contributed by atoms with Crippen molar-refractivity contribution in [2.45, 2.75) is 26.4 Å². The van der Waals surface area contributed by atoms with Gasteiger partial charge in [0.1, 0.15) is 0 Å². The van der Waals surface area contributed by atoms with Gasteiger partial charge >= 0.3 is 0 Å². The van der Waals surface area contributed by atoms with E-state index in [1.807, 2.05) is 26.1 Å². The van der Waals surface area contributed by atoms with Crippen LogP contribution in [0.15, 0.2) is 46.1 Å². The average Bonchev–Trinajstić information content (AvgIpc) is 2.85. The molecule has 2 heterocycles. The maximum absolute atomic E-state index is 11.4. The molecule has 17 heavy (non-hydrogen) atoms. The number of aryl methyl sites for hydroxylation is 1. The monoisotopic (exact) mass is 232 g/mol. The number of pyridine rings is 1. The van der Waals surface area contributed by atoms with E-state index >= 15 is 0 Å². The van der Waals surface area contributed by atoms with E-state index in [9.17, 15) is 4.79 Å². The summed E-state index contributed by atoms with van der Waals surface area (Å²) in [6.07, 6.45) is 5.20. The Morgan fingerprint density at radius 2 is 2.24 bits per heavy atom. The highest BCUT2D eigenvalue weighted by molar-refractivity contribution is 5.42. The van der Waals surface area contributed by atoms with E-state index in [1.54, 1.807) is 29.2 Å². The zero-order chi connectivity index (χ0) is 12.3. The van der Waals surface area contributed by atoms with Gasteiger partial charge in [-0.3, -0.25) is 4.79 Å². The first-order chi connectivity index (χ1) is 8.20. The van der Waals surface area contributed by atoms with Crippen LogP contribution in [0.3, 0.4) is 0 Å². The van der Waals surface area contributed by atoms with E-state index in [0.717, 1.165) is 11.3 Å². The Labute approximate surface area is 99.9 Å². The standard InChI is InChI=1S/C13H16N2O2/c1-3-15-8-12(4-5-13(15)16)14-10(2)11-6-7-17-9-11/h4-10,14H,3H2,1-2H3. The number of anilines is 1. The first kappa shape index (κ1) is 11.5. The second kappa shape index (κ2) is 4.91. The Morgan fingerprint density at radius 1 is 1.41 bits per heavy atom. The van der Waals surface area contributed by atoms with E-state index in [-0.39, 0.29) is 11.6 Å². The second-order valence-corrected chi connectivity index (χ2v) is 3.96. The lowest BCUT2D eigenvalue weighted by molar-refractivity contribution is 0.562. The van der Waals surface area contributed by atoms with Crippen molar-refractivity contribution in [1.82, 2.24) is 4.57 Å². The highest BCUT2D eigenvalue weighted by Crippen LogP contribution is 2.18. The molecule has 2 rings (SSSR count). The molecule has 0 aliphatic rings. The maximum atomic E-state index is 11.4. The van der Waals surface area contributed by atoms with E-state index in [0.29, 0.717) is 6.54 Å². The van der Waals surface area contributed by atoms with Gasteiger partial charge in [-0.1, -0.05) is 0 Å². The van der Waals surface area contributed by atoms with Gasteiger partial charge in [-0.25, -0.2) is 0 Å². The quantitative estimate of drug-likeness (QED) is 0.881. The number of rotatable bonds is 4. The van der Waals surface area contributed by atoms with Crippen LogP contribution < -0.4 is 10.9 Å². The van der Waals surface area contributed by atoms with Crippen LogP contribution in [-0.4, -0.2) is 4.57 Å². The normalized spacial score (nSPS) is 12.4. The number of aromatic nitrogens is 1. The summed E-state index contributed by atoms with van der Waals surface area (Å²) in [5.74, 6) is 0. The number of hydrogen-bond donors (Lipinski definition) is 1. The summed E-state index contributed by atoms with van der Waals surface area (Å²) in [7, 11) is 0. The van der Waals surface area contributed by atoms with Gasteiger partial charge in [-0.2, -0.15) is 0 Å². The second-order valence-electron chi connectivity index (χ2n) is 3.96. The van der Waals surface area contributed by atoms with Gasteiger partial charge in [0.25, 0.3) is 5.56 Å². The van der Waals surface area contributed by atoms with Gasteiger partial charge in [-0.15, -0.1) is 0 Å². The number of nitrogens with one attached hydrogen (secondary N) is 1. The molecule has 0 fully saturated rings. The molecule has 2 aromatic heterocycles. The van der Waals surface area contributed by atoms with Crippen LogP contribution in [-0.2, 0) is 6.54 Å². The van der Waals surface area contributed by atoms with Crippen molar-refractivity contribution < 1.29 is 4.42 Å². The number of hydrogen-bond acceptors (Lipinski definition) is 3. The molecule has 1 N–H and O–H groups in total. The van der Waals surface area contributed by atoms with Crippen LogP contribution in [0.1, 0.15) is 25.5 Å². The third-order valence-electron chi connectivity index (χ3n) is 2.75. The molecule has 90 valence electrons. The van der Waals surface area contributed by atoms with Gasteiger partial charge in [0, 0.05) is 24.4 Å². The summed E-state index contributed by atoms with van der Waals surface area (Å²) >= 11 is 0. The molecule has 1 atom stereocenters. The Hall–Kier alpha value is -1.97. The molecule has 0 bridgehead atoms. The molecular formula is C13H16N2O2. The lowest BCUT2D eigenvalue weighted by atomic mass is 10.2. The Kier molecular flexibility index (Phi) is 3.32. The predicted octanol–water partition coefficient (Wildman–Crippen LogP) is 2.63. The minimum Gasteiger partial charge on any atom is -0.472 e. The number of furan rings is 1. The lowest BCUT2D eigenvalue weighted by Gasteiger charge is -2.14. The van der Waals surface area contributed by atoms with Crippen molar-refractivity contribution in [3.8, 4) is 0 Å². The highest BCUT2D eigenvalue weighted by atomic mass is 16.3. The minimum atomic E-state index is 0.0222. The van der Waals surface area contributed by atoms with Crippen molar-refractivity contribution in [3.63, 3.8) is 0 Å². The molecule has 1 unspecified atom stereocenters. The molecule has 0 aliphatic heterocycles. The van der Waals surface area contributed by atoms with Crippen molar-refractivity contribution in [3.05, 3.63) is 52.8 Å². The largest absolute Gasteiger partial charge is 0.472 e. The van der Waals surface area contributed by atoms with Crippen molar-refractivity contribution in [2.24, 2.45) is 0 Å². The fraction of sp³-hybridized carbons (Fsp3) is 0.308.